The summed E-state index contributed by atoms with van der Waals surface area (Å²) in [5.41, 5.74) is 1.64. The van der Waals surface area contributed by atoms with E-state index in [0.29, 0.717) is 12.5 Å². The maximum Gasteiger partial charge on any atom is 0.325 e. The maximum atomic E-state index is 13.1. The van der Waals surface area contributed by atoms with E-state index in [1.807, 2.05) is 23.8 Å². The molecule has 160 valence electrons. The average molecular weight is 418 g/mol. The molecule has 3 rings (SSSR count). The molecule has 3 heterocycles. The molecule has 2 aliphatic rings. The van der Waals surface area contributed by atoms with Crippen molar-refractivity contribution in [1.82, 2.24) is 15.1 Å². The molecule has 0 saturated carbocycles. The van der Waals surface area contributed by atoms with Gasteiger partial charge in [0.2, 0.25) is 0 Å². The fourth-order valence-corrected chi connectivity index (χ4v) is 5.24. The number of amides is 3. The Kier molecular flexibility index (Phi) is 7.17. The van der Waals surface area contributed by atoms with Crippen LogP contribution in [0.4, 0.5) is 4.79 Å². The highest BCUT2D eigenvalue weighted by atomic mass is 32.1. The number of urea groups is 1. The van der Waals surface area contributed by atoms with Crippen molar-refractivity contribution in [2.45, 2.75) is 65.5 Å². The standard InChI is InChI=1S/C23H35N3O2S/c1-17(2)6-5-7-18(3)14-25-11-8-20(9-12-25)23(4)21(27)26(22(28)24-23)15-19-10-13-29-16-19/h6,10,13,16,18,20H,5,7-9,11-12,14-15H2,1-4H3,(H,24,28)/t18-,23+/m0/s1. The zero-order chi connectivity index (χ0) is 21.0. The van der Waals surface area contributed by atoms with E-state index in [1.165, 1.54) is 16.9 Å². The lowest BCUT2D eigenvalue weighted by atomic mass is 9.78. The largest absolute Gasteiger partial charge is 0.325 e. The Balaban J connectivity index is 1.51. The summed E-state index contributed by atoms with van der Waals surface area (Å²) < 4.78 is 0. The van der Waals surface area contributed by atoms with E-state index in [4.69, 9.17) is 0 Å². The molecule has 1 aromatic rings. The van der Waals surface area contributed by atoms with Crippen LogP contribution in [-0.4, -0.2) is 46.9 Å². The summed E-state index contributed by atoms with van der Waals surface area (Å²) in [6.45, 7) is 12.0. The van der Waals surface area contributed by atoms with Gasteiger partial charge in [-0.3, -0.25) is 9.69 Å². The van der Waals surface area contributed by atoms with Gasteiger partial charge in [-0.15, -0.1) is 0 Å². The zero-order valence-corrected chi connectivity index (χ0v) is 19.1. The van der Waals surface area contributed by atoms with Crippen LogP contribution in [0.1, 0.15) is 58.9 Å². The van der Waals surface area contributed by atoms with Crippen molar-refractivity contribution < 1.29 is 9.59 Å². The number of imide groups is 1. The number of nitrogens with one attached hydrogen (secondary N) is 1. The lowest BCUT2D eigenvalue weighted by molar-refractivity contribution is -0.133. The number of allylic oxidation sites excluding steroid dienone is 2. The molecule has 0 spiro atoms. The number of rotatable bonds is 8. The monoisotopic (exact) mass is 417 g/mol. The molecule has 0 aromatic carbocycles. The minimum absolute atomic E-state index is 0.0674. The van der Waals surface area contributed by atoms with Crippen molar-refractivity contribution in [3.05, 3.63) is 34.0 Å². The number of piperidine rings is 1. The summed E-state index contributed by atoms with van der Waals surface area (Å²) in [4.78, 5) is 29.5. The number of thiophene rings is 1. The second-order valence-corrected chi connectivity index (χ2v) is 9.97. The Bertz CT molecular complexity index is 733. The minimum atomic E-state index is -0.770. The Morgan fingerprint density at radius 3 is 2.69 bits per heavy atom. The summed E-state index contributed by atoms with van der Waals surface area (Å²) in [5.74, 6) is 0.803. The molecular formula is C23H35N3O2S. The molecule has 1 N–H and O–H groups in total. The summed E-state index contributed by atoms with van der Waals surface area (Å²) >= 11 is 1.59. The van der Waals surface area contributed by atoms with Crippen LogP contribution < -0.4 is 5.32 Å². The van der Waals surface area contributed by atoms with Crippen LogP contribution >= 0.6 is 11.3 Å². The van der Waals surface area contributed by atoms with Gasteiger partial charge in [-0.1, -0.05) is 18.6 Å². The predicted molar refractivity (Wildman–Crippen MR) is 119 cm³/mol. The third kappa shape index (κ3) is 5.28. The van der Waals surface area contributed by atoms with Crippen LogP contribution in [0.15, 0.2) is 28.5 Å². The highest BCUT2D eigenvalue weighted by molar-refractivity contribution is 7.07. The van der Waals surface area contributed by atoms with E-state index >= 15 is 0 Å². The van der Waals surface area contributed by atoms with Crippen molar-refractivity contribution in [3.63, 3.8) is 0 Å². The summed E-state index contributed by atoms with van der Waals surface area (Å²) in [6, 6.07) is 1.72. The second-order valence-electron chi connectivity index (χ2n) is 9.19. The molecule has 29 heavy (non-hydrogen) atoms. The Labute approximate surface area is 179 Å². The molecule has 1 aromatic heterocycles. The third-order valence-electron chi connectivity index (χ3n) is 6.41. The summed E-state index contributed by atoms with van der Waals surface area (Å²) in [5, 5.41) is 6.99. The molecule has 2 atom stereocenters. The van der Waals surface area contributed by atoms with Gasteiger partial charge in [-0.2, -0.15) is 11.3 Å². The molecule has 2 fully saturated rings. The zero-order valence-electron chi connectivity index (χ0n) is 18.2. The fraction of sp³-hybridized carbons (Fsp3) is 0.652. The molecule has 2 saturated heterocycles. The van der Waals surface area contributed by atoms with Gasteiger partial charge < -0.3 is 10.2 Å². The lowest BCUT2D eigenvalue weighted by Gasteiger charge is -2.39. The molecule has 0 unspecified atom stereocenters. The normalized spacial score (nSPS) is 24.6. The SMILES string of the molecule is CC(C)=CCC[C@H](C)CN1CCC([C@@]2(C)NC(=O)N(Cc3ccsc3)C2=O)CC1. The first-order chi connectivity index (χ1) is 13.8. The number of carbonyl (C=O) groups excluding carboxylic acids is 2. The van der Waals surface area contributed by atoms with Gasteiger partial charge in [0.15, 0.2) is 0 Å². The molecule has 6 heteroatoms. The van der Waals surface area contributed by atoms with Crippen molar-refractivity contribution >= 4 is 23.3 Å². The van der Waals surface area contributed by atoms with Crippen molar-refractivity contribution in [3.8, 4) is 0 Å². The highest BCUT2D eigenvalue weighted by Crippen LogP contribution is 2.34. The smallest absolute Gasteiger partial charge is 0.323 e. The highest BCUT2D eigenvalue weighted by Gasteiger charge is 2.52. The van der Waals surface area contributed by atoms with Crippen molar-refractivity contribution in [2.75, 3.05) is 19.6 Å². The quantitative estimate of drug-likeness (QED) is 0.495. The number of likely N-dealkylation sites (tertiary alicyclic amines) is 1. The molecule has 3 amide bonds. The number of carbonyl (C=O) groups is 2. The molecule has 0 aliphatic carbocycles. The average Bonchev–Trinajstić information content (AvgIpc) is 3.25. The van der Waals surface area contributed by atoms with E-state index in [9.17, 15) is 9.59 Å². The Morgan fingerprint density at radius 2 is 2.07 bits per heavy atom. The molecule has 0 radical (unpaired) electrons. The summed E-state index contributed by atoms with van der Waals surface area (Å²) in [7, 11) is 0. The first kappa shape index (κ1) is 22.0. The molecule has 5 nitrogen and oxygen atoms in total. The van der Waals surface area contributed by atoms with Crippen LogP contribution in [0.3, 0.4) is 0 Å². The van der Waals surface area contributed by atoms with Crippen LogP contribution in [-0.2, 0) is 11.3 Å². The van der Waals surface area contributed by atoms with Crippen LogP contribution in [0.25, 0.3) is 0 Å². The van der Waals surface area contributed by atoms with E-state index in [0.717, 1.165) is 44.5 Å². The van der Waals surface area contributed by atoms with Gasteiger partial charge >= 0.3 is 6.03 Å². The number of hydrogen-bond donors (Lipinski definition) is 1. The van der Waals surface area contributed by atoms with Gasteiger partial charge in [-0.25, -0.2) is 4.79 Å². The van der Waals surface area contributed by atoms with E-state index in [-0.39, 0.29) is 17.9 Å². The topological polar surface area (TPSA) is 52.7 Å². The van der Waals surface area contributed by atoms with Crippen LogP contribution in [0.5, 0.6) is 0 Å². The Hall–Kier alpha value is -1.66. The van der Waals surface area contributed by atoms with Gasteiger partial charge in [0.25, 0.3) is 5.91 Å². The van der Waals surface area contributed by atoms with Crippen LogP contribution in [0.2, 0.25) is 0 Å². The minimum Gasteiger partial charge on any atom is -0.323 e. The maximum absolute atomic E-state index is 13.1. The van der Waals surface area contributed by atoms with E-state index in [2.05, 4.69) is 37.1 Å². The molecular weight excluding hydrogens is 382 g/mol. The Morgan fingerprint density at radius 1 is 1.34 bits per heavy atom. The fourth-order valence-electron chi connectivity index (χ4n) is 4.58. The van der Waals surface area contributed by atoms with Crippen LogP contribution in [0, 0.1) is 11.8 Å². The predicted octanol–water partition coefficient (Wildman–Crippen LogP) is 4.65. The van der Waals surface area contributed by atoms with E-state index in [1.54, 1.807) is 11.3 Å². The molecule has 2 aliphatic heterocycles. The van der Waals surface area contributed by atoms with Gasteiger partial charge in [0.05, 0.1) is 6.54 Å². The lowest BCUT2D eigenvalue weighted by Crippen LogP contribution is -2.54. The summed E-state index contributed by atoms with van der Waals surface area (Å²) in [6.07, 6.45) is 6.60. The molecule has 0 bridgehead atoms. The number of hydrogen-bond acceptors (Lipinski definition) is 4. The van der Waals surface area contributed by atoms with Crippen molar-refractivity contribution in [2.24, 2.45) is 11.8 Å². The first-order valence-electron chi connectivity index (χ1n) is 10.8. The van der Waals surface area contributed by atoms with Crippen molar-refractivity contribution in [1.29, 1.82) is 0 Å². The van der Waals surface area contributed by atoms with Gasteiger partial charge in [0.1, 0.15) is 5.54 Å². The third-order valence-corrected chi connectivity index (χ3v) is 7.14. The number of nitrogens with zero attached hydrogens (tertiary/aromatic N) is 2. The van der Waals surface area contributed by atoms with Gasteiger partial charge in [0, 0.05) is 6.54 Å². The van der Waals surface area contributed by atoms with E-state index < -0.39 is 5.54 Å². The first-order valence-corrected chi connectivity index (χ1v) is 11.7. The van der Waals surface area contributed by atoms with Gasteiger partial charge in [-0.05, 0) is 93.8 Å². The second kappa shape index (κ2) is 9.43.